The van der Waals surface area contributed by atoms with Crippen LogP contribution in [0.25, 0.3) is 0 Å². The molecule has 0 saturated heterocycles. The van der Waals surface area contributed by atoms with Gasteiger partial charge < -0.3 is 5.21 Å². The molecule has 1 aromatic rings. The van der Waals surface area contributed by atoms with E-state index in [9.17, 15) is 0 Å². The van der Waals surface area contributed by atoms with E-state index in [2.05, 4.69) is 15.4 Å². The van der Waals surface area contributed by atoms with Gasteiger partial charge in [0.2, 0.25) is 0 Å². The molecule has 54 valence electrons. The molecule has 0 aromatic carbocycles. The minimum atomic E-state index is -1.50. The third-order valence-corrected chi connectivity index (χ3v) is 0.409. The van der Waals surface area contributed by atoms with Crippen molar-refractivity contribution < 1.29 is 10.3 Å². The highest BCUT2D eigenvalue weighted by Gasteiger charge is 1.65. The van der Waals surface area contributed by atoms with Crippen molar-refractivity contribution in [2.24, 2.45) is 0 Å². The van der Waals surface area contributed by atoms with Crippen LogP contribution in [0.15, 0.2) is 18.5 Å². The molecule has 1 aromatic heterocycles. The maximum atomic E-state index is 8.36. The van der Waals surface area contributed by atoms with Gasteiger partial charge in [0.15, 0.2) is 0 Å². The quantitative estimate of drug-likeness (QED) is 0.389. The molecule has 0 radical (unpaired) electrons. The van der Waals surface area contributed by atoms with Crippen LogP contribution in [0, 0.1) is 10.1 Å². The highest BCUT2D eigenvalue weighted by atomic mass is 16.9. The molecule has 1 heterocycles. The van der Waals surface area contributed by atoms with Gasteiger partial charge in [0, 0.05) is 0 Å². The largest absolute Gasteiger partial charge is 0.328 e. The normalized spacial score (nSPS) is 7.20. The van der Waals surface area contributed by atoms with E-state index < -0.39 is 5.09 Å². The number of hydrogen-bond donors (Lipinski definition) is 1. The van der Waals surface area contributed by atoms with Crippen LogP contribution < -0.4 is 0 Å². The van der Waals surface area contributed by atoms with Gasteiger partial charge in [-0.05, 0) is 11.3 Å². The lowest BCUT2D eigenvalue weighted by Crippen LogP contribution is -1.81. The zero-order valence-corrected chi connectivity index (χ0v) is 4.78. The van der Waals surface area contributed by atoms with Crippen LogP contribution in [0.2, 0.25) is 0 Å². The molecule has 0 fully saturated rings. The zero-order valence-electron chi connectivity index (χ0n) is 4.78. The Kier molecular flexibility index (Phi) is 4.39. The van der Waals surface area contributed by atoms with E-state index in [0.717, 1.165) is 0 Å². The molecule has 7 heteroatoms. The molecular formula is C3H4N4O3. The summed E-state index contributed by atoms with van der Waals surface area (Å²) in [5.41, 5.74) is 0. The zero-order chi connectivity index (χ0) is 7.82. The predicted octanol–water partition coefficient (Wildman–Crippen LogP) is -0.476. The SMILES string of the molecule is O=[N+]([O-])O.c1cnnnc1. The van der Waals surface area contributed by atoms with Gasteiger partial charge in [-0.25, -0.2) is 0 Å². The average Bonchev–Trinajstić information content (AvgIpc) is 1.90. The van der Waals surface area contributed by atoms with Gasteiger partial charge in [0.05, 0.1) is 12.4 Å². The maximum Gasteiger partial charge on any atom is 0.291 e. The first kappa shape index (κ1) is 8.21. The topological polar surface area (TPSA) is 102 Å². The van der Waals surface area contributed by atoms with Gasteiger partial charge >= 0.3 is 0 Å². The smallest absolute Gasteiger partial charge is 0.291 e. The lowest BCUT2D eigenvalue weighted by atomic mass is 10.7. The highest BCUT2D eigenvalue weighted by molar-refractivity contribution is 4.69. The van der Waals surface area contributed by atoms with Gasteiger partial charge in [0.25, 0.3) is 5.09 Å². The summed E-state index contributed by atoms with van der Waals surface area (Å²) in [4.78, 5) is 8.36. The summed E-state index contributed by atoms with van der Waals surface area (Å²) in [7, 11) is 0. The second kappa shape index (κ2) is 5.35. The fraction of sp³-hybridized carbons (Fsp3) is 0. The molecule has 0 bridgehead atoms. The fourth-order valence-electron chi connectivity index (χ4n) is 0.205. The molecule has 0 unspecified atom stereocenters. The Hall–Kier alpha value is -1.79. The van der Waals surface area contributed by atoms with Crippen LogP contribution in [0.5, 0.6) is 0 Å². The Morgan fingerprint density at radius 2 is 1.80 bits per heavy atom. The first-order valence-electron chi connectivity index (χ1n) is 2.15. The van der Waals surface area contributed by atoms with Crippen molar-refractivity contribution >= 4 is 0 Å². The van der Waals surface area contributed by atoms with Crippen LogP contribution >= 0.6 is 0 Å². The maximum absolute atomic E-state index is 8.36. The number of rotatable bonds is 0. The minimum Gasteiger partial charge on any atom is -0.328 e. The van der Waals surface area contributed by atoms with E-state index >= 15 is 0 Å². The molecule has 0 amide bonds. The number of hydrogen-bond acceptors (Lipinski definition) is 5. The van der Waals surface area contributed by atoms with Crippen LogP contribution in [0.4, 0.5) is 0 Å². The fourth-order valence-corrected chi connectivity index (χ4v) is 0.205. The van der Waals surface area contributed by atoms with E-state index in [-0.39, 0.29) is 0 Å². The average molecular weight is 144 g/mol. The molecule has 1 rings (SSSR count). The van der Waals surface area contributed by atoms with E-state index in [1.54, 1.807) is 18.5 Å². The Balaban J connectivity index is 0.000000180. The van der Waals surface area contributed by atoms with Crippen molar-refractivity contribution in [1.29, 1.82) is 0 Å². The third kappa shape index (κ3) is 9.51. The molecular weight excluding hydrogens is 140 g/mol. The second-order valence-electron chi connectivity index (χ2n) is 1.05. The van der Waals surface area contributed by atoms with Crippen molar-refractivity contribution in [3.05, 3.63) is 28.6 Å². The van der Waals surface area contributed by atoms with Crippen molar-refractivity contribution in [3.8, 4) is 0 Å². The molecule has 0 aliphatic rings. The predicted molar refractivity (Wildman–Crippen MR) is 28.6 cm³/mol. The van der Waals surface area contributed by atoms with E-state index in [1.807, 2.05) is 0 Å². The summed E-state index contributed by atoms with van der Waals surface area (Å²) in [6.45, 7) is 0. The monoisotopic (exact) mass is 144 g/mol. The second-order valence-corrected chi connectivity index (χ2v) is 1.05. The van der Waals surface area contributed by atoms with Crippen LogP contribution in [-0.4, -0.2) is 25.7 Å². The standard InChI is InChI=1S/C3H3N3.HNO3/c1-2-4-6-5-3-1;2-1(3)4/h1-3H;(H,2,3,4). The molecule has 0 atom stereocenters. The summed E-state index contributed by atoms with van der Waals surface area (Å²) in [5, 5.41) is 23.8. The van der Waals surface area contributed by atoms with Crippen LogP contribution in [0.3, 0.4) is 0 Å². The summed E-state index contributed by atoms with van der Waals surface area (Å²) < 4.78 is 0. The molecule has 0 aliphatic carbocycles. The summed E-state index contributed by atoms with van der Waals surface area (Å²) in [5.74, 6) is 0. The highest BCUT2D eigenvalue weighted by Crippen LogP contribution is 1.61. The summed E-state index contributed by atoms with van der Waals surface area (Å²) in [6, 6.07) is 1.72. The van der Waals surface area contributed by atoms with Gasteiger partial charge in [-0.2, -0.15) is 0 Å². The summed E-state index contributed by atoms with van der Waals surface area (Å²) >= 11 is 0. The molecule has 0 saturated carbocycles. The number of aromatic nitrogens is 3. The van der Waals surface area contributed by atoms with Crippen molar-refractivity contribution in [2.45, 2.75) is 0 Å². The lowest BCUT2D eigenvalue weighted by molar-refractivity contribution is -0.742. The molecule has 7 nitrogen and oxygen atoms in total. The van der Waals surface area contributed by atoms with Crippen LogP contribution in [-0.2, 0) is 0 Å². The van der Waals surface area contributed by atoms with Gasteiger partial charge in [-0.3, -0.25) is 0 Å². The van der Waals surface area contributed by atoms with E-state index in [1.165, 1.54) is 0 Å². The number of nitrogens with zero attached hydrogens (tertiary/aromatic N) is 4. The van der Waals surface area contributed by atoms with Gasteiger partial charge in [-0.15, -0.1) is 20.3 Å². The van der Waals surface area contributed by atoms with Gasteiger partial charge in [-0.1, -0.05) is 0 Å². The van der Waals surface area contributed by atoms with Crippen molar-refractivity contribution in [2.75, 3.05) is 0 Å². The van der Waals surface area contributed by atoms with E-state index in [4.69, 9.17) is 15.3 Å². The Morgan fingerprint density at radius 3 is 1.90 bits per heavy atom. The Labute approximate surface area is 55.4 Å². The van der Waals surface area contributed by atoms with Crippen molar-refractivity contribution in [1.82, 2.24) is 15.4 Å². The molecule has 1 N–H and O–H groups in total. The molecule has 0 spiro atoms. The summed E-state index contributed by atoms with van der Waals surface area (Å²) in [6.07, 6.45) is 3.15. The lowest BCUT2D eigenvalue weighted by Gasteiger charge is -1.68. The minimum absolute atomic E-state index is 1.50. The van der Waals surface area contributed by atoms with E-state index in [0.29, 0.717) is 0 Å². The van der Waals surface area contributed by atoms with Gasteiger partial charge in [0.1, 0.15) is 0 Å². The van der Waals surface area contributed by atoms with Crippen molar-refractivity contribution in [3.63, 3.8) is 0 Å². The third-order valence-electron chi connectivity index (χ3n) is 0.409. The first-order valence-corrected chi connectivity index (χ1v) is 2.15. The Bertz CT molecular complexity index is 148. The molecule has 0 aliphatic heterocycles. The Morgan fingerprint density at radius 1 is 1.40 bits per heavy atom. The van der Waals surface area contributed by atoms with Crippen LogP contribution in [0.1, 0.15) is 0 Å². The first-order chi connectivity index (χ1) is 4.73. The molecule has 10 heavy (non-hydrogen) atoms.